The highest BCUT2D eigenvalue weighted by molar-refractivity contribution is 9.10. The van der Waals surface area contributed by atoms with Crippen LogP contribution in [0, 0.1) is 10.1 Å². The van der Waals surface area contributed by atoms with Crippen LogP contribution in [-0.2, 0) is 0 Å². The summed E-state index contributed by atoms with van der Waals surface area (Å²) in [5.74, 6) is 0.436. The number of nitro groups is 1. The minimum absolute atomic E-state index is 0.0599. The van der Waals surface area contributed by atoms with E-state index in [1.165, 1.54) is 30.3 Å². The van der Waals surface area contributed by atoms with Crippen LogP contribution in [0.2, 0.25) is 10.0 Å². The Labute approximate surface area is 148 Å². The Morgan fingerprint density at radius 2 is 1.78 bits per heavy atom. The van der Waals surface area contributed by atoms with Crippen LogP contribution in [0.15, 0.2) is 34.8 Å². The Balaban J connectivity index is 2.31. The fourth-order valence-electron chi connectivity index (χ4n) is 1.63. The molecule has 2 N–H and O–H groups in total. The van der Waals surface area contributed by atoms with Gasteiger partial charge in [0.25, 0.3) is 5.69 Å². The first-order chi connectivity index (χ1) is 10.8. The number of amides is 1. The fraction of sp³-hybridized carbons (Fsp3) is 0. The van der Waals surface area contributed by atoms with Gasteiger partial charge in [-0.1, -0.05) is 23.2 Å². The molecule has 0 aliphatic carbocycles. The van der Waals surface area contributed by atoms with E-state index in [9.17, 15) is 14.9 Å². The van der Waals surface area contributed by atoms with Crippen molar-refractivity contribution in [1.29, 1.82) is 0 Å². The average molecular weight is 422 g/mol. The summed E-state index contributed by atoms with van der Waals surface area (Å²) in [4.78, 5) is 20.9. The number of rotatable bonds is 4. The zero-order valence-electron chi connectivity index (χ0n) is 11.1. The number of halogens is 3. The zero-order valence-corrected chi connectivity index (χ0v) is 14.2. The molecule has 2 rings (SSSR count). The third-order valence-corrected chi connectivity index (χ3v) is 3.72. The average Bonchev–Trinajstić information content (AvgIpc) is 2.41. The Bertz CT molecular complexity index is 777. The van der Waals surface area contributed by atoms with Crippen molar-refractivity contribution in [1.82, 2.24) is 0 Å². The third-order valence-electron chi connectivity index (χ3n) is 2.53. The van der Waals surface area contributed by atoms with Gasteiger partial charge in [0, 0.05) is 24.3 Å². The second-order valence-corrected chi connectivity index (χ2v) is 5.78. The molecule has 0 aromatic heterocycles. The molecule has 0 bridgehead atoms. The van der Waals surface area contributed by atoms with Gasteiger partial charge in [-0.2, -0.15) is 0 Å². The van der Waals surface area contributed by atoms with Crippen molar-refractivity contribution in [2.75, 3.05) is 0 Å². The molecule has 0 saturated heterocycles. The molecule has 10 heteroatoms. The number of benzene rings is 2. The quantitative estimate of drug-likeness (QED) is 0.557. The number of nitrogens with zero attached hydrogens (tertiary/aromatic N) is 1. The lowest BCUT2D eigenvalue weighted by Crippen LogP contribution is -2.16. The Morgan fingerprint density at radius 3 is 2.26 bits per heavy atom. The van der Waals surface area contributed by atoms with E-state index in [2.05, 4.69) is 20.7 Å². The number of nitrogens with two attached hydrogens (primary N) is 1. The zero-order chi connectivity index (χ0) is 17.1. The van der Waals surface area contributed by atoms with E-state index >= 15 is 0 Å². The van der Waals surface area contributed by atoms with Gasteiger partial charge in [-0.3, -0.25) is 10.1 Å². The molecule has 2 aromatic rings. The topological polar surface area (TPSA) is 105 Å². The molecule has 7 nitrogen and oxygen atoms in total. The standard InChI is InChI=1S/C13H7BrCl2N2O5/c14-8-3-6(1-2-11(8)18(20)21)22-12-9(15)4-7(5-10(12)16)23-13(17)19/h1-5H,(H2,17,19). The number of carbonyl (C=O) groups is 1. The van der Waals surface area contributed by atoms with E-state index < -0.39 is 11.0 Å². The summed E-state index contributed by atoms with van der Waals surface area (Å²) < 4.78 is 10.4. The normalized spacial score (nSPS) is 10.2. The maximum absolute atomic E-state index is 10.8. The molecule has 0 heterocycles. The number of hydrogen-bond donors (Lipinski definition) is 1. The molecule has 1 amide bonds. The van der Waals surface area contributed by atoms with E-state index in [0.717, 1.165) is 0 Å². The molecule has 0 atom stereocenters. The summed E-state index contributed by atoms with van der Waals surface area (Å²) in [6, 6.07) is 6.66. The van der Waals surface area contributed by atoms with Crippen molar-refractivity contribution >= 4 is 50.9 Å². The van der Waals surface area contributed by atoms with Crippen molar-refractivity contribution < 1.29 is 19.2 Å². The second kappa shape index (κ2) is 7.03. The summed E-state index contributed by atoms with van der Waals surface area (Å²) in [6.07, 6.45) is -1.01. The van der Waals surface area contributed by atoms with Gasteiger partial charge >= 0.3 is 6.09 Å². The van der Waals surface area contributed by atoms with E-state index in [4.69, 9.17) is 33.7 Å². The molecule has 120 valence electrons. The van der Waals surface area contributed by atoms with Crippen LogP contribution < -0.4 is 15.2 Å². The van der Waals surface area contributed by atoms with Crippen LogP contribution in [0.4, 0.5) is 10.5 Å². The van der Waals surface area contributed by atoms with Crippen LogP contribution in [0.25, 0.3) is 0 Å². The van der Waals surface area contributed by atoms with Crippen molar-refractivity contribution in [2.24, 2.45) is 5.73 Å². The van der Waals surface area contributed by atoms with Gasteiger partial charge in [-0.25, -0.2) is 4.79 Å². The third kappa shape index (κ3) is 4.25. The van der Waals surface area contributed by atoms with Gasteiger partial charge in [0.2, 0.25) is 0 Å². The molecular formula is C13H7BrCl2N2O5. The van der Waals surface area contributed by atoms with E-state index in [0.29, 0.717) is 0 Å². The molecule has 0 saturated carbocycles. The predicted octanol–water partition coefficient (Wildman–Crippen LogP) is 4.91. The monoisotopic (exact) mass is 420 g/mol. The smallest absolute Gasteiger partial charge is 0.409 e. The first-order valence-electron chi connectivity index (χ1n) is 5.86. The van der Waals surface area contributed by atoms with Crippen LogP contribution in [-0.4, -0.2) is 11.0 Å². The lowest BCUT2D eigenvalue weighted by atomic mass is 10.3. The minimum atomic E-state index is -1.01. The second-order valence-electron chi connectivity index (χ2n) is 4.11. The van der Waals surface area contributed by atoms with Gasteiger partial charge in [-0.15, -0.1) is 0 Å². The maximum atomic E-state index is 10.8. The first-order valence-corrected chi connectivity index (χ1v) is 7.41. The fourth-order valence-corrected chi connectivity index (χ4v) is 2.67. The van der Waals surface area contributed by atoms with Crippen molar-refractivity contribution in [3.63, 3.8) is 0 Å². The van der Waals surface area contributed by atoms with Gasteiger partial charge in [0.05, 0.1) is 19.4 Å². The summed E-state index contributed by atoms with van der Waals surface area (Å²) in [7, 11) is 0. The van der Waals surface area contributed by atoms with Crippen molar-refractivity contribution in [2.45, 2.75) is 0 Å². The summed E-state index contributed by atoms with van der Waals surface area (Å²) >= 11 is 15.1. The Morgan fingerprint density at radius 1 is 1.17 bits per heavy atom. The van der Waals surface area contributed by atoms with Crippen molar-refractivity contribution in [3.8, 4) is 17.2 Å². The maximum Gasteiger partial charge on any atom is 0.409 e. The van der Waals surface area contributed by atoms with Crippen LogP contribution in [0.3, 0.4) is 0 Å². The Kier molecular flexibility index (Phi) is 5.30. The molecule has 0 aliphatic rings. The van der Waals surface area contributed by atoms with Crippen LogP contribution in [0.1, 0.15) is 0 Å². The predicted molar refractivity (Wildman–Crippen MR) is 87.5 cm³/mol. The summed E-state index contributed by atoms with van der Waals surface area (Å²) in [5.41, 5.74) is 4.79. The number of carbonyl (C=O) groups excluding carboxylic acids is 1. The highest BCUT2D eigenvalue weighted by Gasteiger charge is 2.16. The molecule has 2 aromatic carbocycles. The highest BCUT2D eigenvalue weighted by Crippen LogP contribution is 2.40. The van der Waals surface area contributed by atoms with Gasteiger partial charge in [-0.05, 0) is 22.0 Å². The Hall–Kier alpha value is -2.03. The number of nitro benzene ring substituents is 1. The molecule has 0 unspecified atom stereocenters. The van der Waals surface area contributed by atoms with E-state index in [1.807, 2.05) is 0 Å². The van der Waals surface area contributed by atoms with E-state index in [1.54, 1.807) is 0 Å². The lowest BCUT2D eigenvalue weighted by molar-refractivity contribution is -0.385. The minimum Gasteiger partial charge on any atom is -0.454 e. The van der Waals surface area contributed by atoms with E-state index in [-0.39, 0.29) is 37.5 Å². The lowest BCUT2D eigenvalue weighted by Gasteiger charge is -2.11. The molecule has 0 radical (unpaired) electrons. The van der Waals surface area contributed by atoms with Crippen LogP contribution >= 0.6 is 39.1 Å². The highest BCUT2D eigenvalue weighted by atomic mass is 79.9. The first kappa shape index (κ1) is 17.3. The summed E-state index contributed by atoms with van der Waals surface area (Å²) in [5, 5.41) is 10.9. The summed E-state index contributed by atoms with van der Waals surface area (Å²) in [6.45, 7) is 0. The number of hydrogen-bond acceptors (Lipinski definition) is 5. The van der Waals surface area contributed by atoms with Crippen molar-refractivity contribution in [3.05, 3.63) is 55.0 Å². The molecule has 23 heavy (non-hydrogen) atoms. The number of primary amides is 1. The van der Waals surface area contributed by atoms with Crippen LogP contribution in [0.5, 0.6) is 17.2 Å². The van der Waals surface area contributed by atoms with Gasteiger partial charge < -0.3 is 15.2 Å². The van der Waals surface area contributed by atoms with Gasteiger partial charge in [0.1, 0.15) is 11.5 Å². The molecule has 0 aliphatic heterocycles. The molecule has 0 spiro atoms. The molecular weight excluding hydrogens is 415 g/mol. The SMILES string of the molecule is NC(=O)Oc1cc(Cl)c(Oc2ccc([N+](=O)[O-])c(Br)c2)c(Cl)c1. The largest absolute Gasteiger partial charge is 0.454 e. The van der Waals surface area contributed by atoms with Gasteiger partial charge in [0.15, 0.2) is 5.75 Å². The number of ether oxygens (including phenoxy) is 2. The molecule has 0 fully saturated rings.